The molecule has 0 radical (unpaired) electrons. The van der Waals surface area contributed by atoms with Crippen LogP contribution in [-0.2, 0) is 16.1 Å². The number of aromatic nitrogens is 1. The molecule has 1 saturated heterocycles. The number of carbonyl (C=O) groups is 1. The number of hydrogen-bond acceptors (Lipinski definition) is 5. The van der Waals surface area contributed by atoms with E-state index in [-0.39, 0.29) is 12.0 Å². The van der Waals surface area contributed by atoms with E-state index in [4.69, 9.17) is 4.74 Å². The van der Waals surface area contributed by atoms with Crippen molar-refractivity contribution in [1.82, 2.24) is 9.88 Å². The van der Waals surface area contributed by atoms with Crippen LogP contribution in [0, 0.1) is 0 Å². The van der Waals surface area contributed by atoms with Crippen molar-refractivity contribution < 1.29 is 9.53 Å². The van der Waals surface area contributed by atoms with Crippen molar-refractivity contribution in [3.8, 4) is 0 Å². The Morgan fingerprint density at radius 1 is 1.58 bits per heavy atom. The highest BCUT2D eigenvalue weighted by Crippen LogP contribution is 2.23. The first-order valence-electron chi connectivity index (χ1n) is 6.88. The van der Waals surface area contributed by atoms with Crippen LogP contribution in [-0.4, -0.2) is 35.5 Å². The summed E-state index contributed by atoms with van der Waals surface area (Å²) in [4.78, 5) is 18.7. The molecule has 0 spiro atoms. The van der Waals surface area contributed by atoms with Crippen LogP contribution in [0.1, 0.15) is 49.7 Å². The maximum absolute atomic E-state index is 11.8. The SMILES string of the molecule is COC(=O)[C@H]1CCCCN1Cc1csc(C(C)C)n1. The molecule has 5 heteroatoms. The lowest BCUT2D eigenvalue weighted by molar-refractivity contribution is -0.148. The summed E-state index contributed by atoms with van der Waals surface area (Å²) in [6.07, 6.45) is 3.15. The van der Waals surface area contributed by atoms with Gasteiger partial charge in [0.15, 0.2) is 0 Å². The molecule has 1 fully saturated rings. The van der Waals surface area contributed by atoms with Crippen molar-refractivity contribution in [3.05, 3.63) is 16.1 Å². The van der Waals surface area contributed by atoms with E-state index in [1.807, 2.05) is 0 Å². The van der Waals surface area contributed by atoms with Crippen LogP contribution >= 0.6 is 11.3 Å². The molecular formula is C14H22N2O2S. The molecule has 1 aromatic rings. The molecule has 1 aromatic heterocycles. The fraction of sp³-hybridized carbons (Fsp3) is 0.714. The van der Waals surface area contributed by atoms with Crippen molar-refractivity contribution >= 4 is 17.3 Å². The lowest BCUT2D eigenvalue weighted by Gasteiger charge is -2.33. The molecule has 0 unspecified atom stereocenters. The van der Waals surface area contributed by atoms with E-state index in [9.17, 15) is 4.79 Å². The summed E-state index contributed by atoms with van der Waals surface area (Å²) < 4.78 is 4.90. The maximum atomic E-state index is 11.8. The highest BCUT2D eigenvalue weighted by Gasteiger charge is 2.29. The van der Waals surface area contributed by atoms with E-state index >= 15 is 0 Å². The molecule has 1 aliphatic rings. The fourth-order valence-corrected chi connectivity index (χ4v) is 3.28. The van der Waals surface area contributed by atoms with Crippen LogP contribution in [0.5, 0.6) is 0 Å². The molecule has 0 amide bonds. The van der Waals surface area contributed by atoms with Crippen molar-refractivity contribution in [2.45, 2.75) is 51.6 Å². The van der Waals surface area contributed by atoms with Crippen LogP contribution in [0.4, 0.5) is 0 Å². The maximum Gasteiger partial charge on any atom is 0.323 e. The number of hydrogen-bond donors (Lipinski definition) is 0. The van der Waals surface area contributed by atoms with E-state index in [1.54, 1.807) is 11.3 Å². The molecule has 1 aliphatic heterocycles. The summed E-state index contributed by atoms with van der Waals surface area (Å²) >= 11 is 1.71. The molecular weight excluding hydrogens is 260 g/mol. The summed E-state index contributed by atoms with van der Waals surface area (Å²) in [6, 6.07) is -0.0945. The van der Waals surface area contributed by atoms with Gasteiger partial charge in [0.1, 0.15) is 6.04 Å². The average Bonchev–Trinajstić information content (AvgIpc) is 2.87. The van der Waals surface area contributed by atoms with Crippen molar-refractivity contribution in [1.29, 1.82) is 0 Å². The zero-order valence-corrected chi connectivity index (χ0v) is 12.7. The third-order valence-electron chi connectivity index (χ3n) is 3.52. The second-order valence-electron chi connectivity index (χ2n) is 5.34. The number of rotatable bonds is 4. The van der Waals surface area contributed by atoms with E-state index in [1.165, 1.54) is 12.1 Å². The third kappa shape index (κ3) is 3.54. The van der Waals surface area contributed by atoms with E-state index in [2.05, 4.69) is 29.1 Å². The van der Waals surface area contributed by atoms with Gasteiger partial charge in [-0.2, -0.15) is 0 Å². The van der Waals surface area contributed by atoms with Crippen LogP contribution in [0.25, 0.3) is 0 Å². The van der Waals surface area contributed by atoms with Gasteiger partial charge in [-0.3, -0.25) is 9.69 Å². The van der Waals surface area contributed by atoms with Gasteiger partial charge in [-0.25, -0.2) is 4.98 Å². The summed E-state index contributed by atoms with van der Waals surface area (Å²) in [7, 11) is 1.47. The lowest BCUT2D eigenvalue weighted by atomic mass is 10.0. The van der Waals surface area contributed by atoms with E-state index in [0.29, 0.717) is 5.92 Å². The zero-order chi connectivity index (χ0) is 13.8. The Kier molecular flexibility index (Phi) is 4.93. The Labute approximate surface area is 118 Å². The van der Waals surface area contributed by atoms with E-state index in [0.717, 1.165) is 38.0 Å². The lowest BCUT2D eigenvalue weighted by Crippen LogP contribution is -2.44. The predicted octanol–water partition coefficient (Wildman–Crippen LogP) is 2.79. The smallest absolute Gasteiger partial charge is 0.323 e. The number of ether oxygens (including phenoxy) is 1. The van der Waals surface area contributed by atoms with Crippen molar-refractivity contribution in [2.24, 2.45) is 0 Å². The average molecular weight is 282 g/mol. The van der Waals surface area contributed by atoms with Crippen molar-refractivity contribution in [2.75, 3.05) is 13.7 Å². The molecule has 0 aromatic carbocycles. The number of methoxy groups -OCH3 is 1. The summed E-state index contributed by atoms with van der Waals surface area (Å²) in [5.41, 5.74) is 1.07. The van der Waals surface area contributed by atoms with Crippen LogP contribution < -0.4 is 0 Å². The highest BCUT2D eigenvalue weighted by molar-refractivity contribution is 7.09. The molecule has 0 bridgehead atoms. The minimum Gasteiger partial charge on any atom is -0.468 e. The van der Waals surface area contributed by atoms with Gasteiger partial charge >= 0.3 is 5.97 Å². The molecule has 2 heterocycles. The van der Waals surface area contributed by atoms with Crippen LogP contribution in [0.15, 0.2) is 5.38 Å². The van der Waals surface area contributed by atoms with Crippen LogP contribution in [0.2, 0.25) is 0 Å². The first-order chi connectivity index (χ1) is 9.11. The van der Waals surface area contributed by atoms with Gasteiger partial charge in [-0.05, 0) is 19.4 Å². The highest BCUT2D eigenvalue weighted by atomic mass is 32.1. The molecule has 2 rings (SSSR count). The van der Waals surface area contributed by atoms with Gasteiger partial charge < -0.3 is 4.74 Å². The summed E-state index contributed by atoms with van der Waals surface area (Å²) in [5, 5.41) is 3.28. The minimum atomic E-state index is -0.112. The van der Waals surface area contributed by atoms with Gasteiger partial charge in [0.05, 0.1) is 17.8 Å². The Bertz CT molecular complexity index is 431. The minimum absolute atomic E-state index is 0.0945. The standard InChI is InChI=1S/C14H22N2O2S/c1-10(2)13-15-11(9-19-13)8-16-7-5-4-6-12(16)14(17)18-3/h9-10,12H,4-8H2,1-3H3/t12-/m1/s1. The Morgan fingerprint density at radius 3 is 3.00 bits per heavy atom. The quantitative estimate of drug-likeness (QED) is 0.796. The van der Waals surface area contributed by atoms with Crippen molar-refractivity contribution in [3.63, 3.8) is 0 Å². The van der Waals surface area contributed by atoms with Crippen LogP contribution in [0.3, 0.4) is 0 Å². The molecule has 0 N–H and O–H groups in total. The molecule has 1 atom stereocenters. The number of likely N-dealkylation sites (tertiary alicyclic amines) is 1. The first-order valence-corrected chi connectivity index (χ1v) is 7.76. The molecule has 106 valence electrons. The number of carbonyl (C=O) groups excluding carboxylic acids is 1. The van der Waals surface area contributed by atoms with Gasteiger partial charge in [0.2, 0.25) is 0 Å². The predicted molar refractivity (Wildman–Crippen MR) is 76.3 cm³/mol. The number of esters is 1. The Balaban J connectivity index is 2.04. The second-order valence-corrected chi connectivity index (χ2v) is 6.23. The largest absolute Gasteiger partial charge is 0.468 e. The number of nitrogens with zero attached hydrogens (tertiary/aromatic N) is 2. The number of piperidine rings is 1. The monoisotopic (exact) mass is 282 g/mol. The zero-order valence-electron chi connectivity index (χ0n) is 11.9. The molecule has 0 saturated carbocycles. The number of thiazole rings is 1. The van der Waals surface area contributed by atoms with Gasteiger partial charge in [0.25, 0.3) is 0 Å². The van der Waals surface area contributed by atoms with E-state index < -0.39 is 0 Å². The summed E-state index contributed by atoms with van der Waals surface area (Å²) in [6.45, 7) is 6.01. The molecule has 19 heavy (non-hydrogen) atoms. The Hall–Kier alpha value is -0.940. The summed E-state index contributed by atoms with van der Waals surface area (Å²) in [5.74, 6) is 0.357. The Morgan fingerprint density at radius 2 is 2.37 bits per heavy atom. The van der Waals surface area contributed by atoms with Gasteiger partial charge in [-0.15, -0.1) is 11.3 Å². The van der Waals surface area contributed by atoms with Gasteiger partial charge in [-0.1, -0.05) is 20.3 Å². The normalized spacial score (nSPS) is 20.7. The van der Waals surface area contributed by atoms with Gasteiger partial charge in [0, 0.05) is 17.8 Å². The third-order valence-corrected chi connectivity index (χ3v) is 4.71. The topological polar surface area (TPSA) is 42.4 Å². The first kappa shape index (κ1) is 14.5. The second kappa shape index (κ2) is 6.48. The fourth-order valence-electron chi connectivity index (χ4n) is 2.45. The molecule has 4 nitrogen and oxygen atoms in total. The molecule has 0 aliphatic carbocycles.